The molecule has 0 aliphatic carbocycles. The maximum atomic E-state index is 5.93. The lowest BCUT2D eigenvalue weighted by atomic mass is 9.90. The lowest BCUT2D eigenvalue weighted by Gasteiger charge is -2.14. The van der Waals surface area contributed by atoms with Crippen LogP contribution in [0, 0.1) is 0 Å². The molecule has 3 rings (SSSR count). The van der Waals surface area contributed by atoms with E-state index in [9.17, 15) is 0 Å². The number of hydrogen-bond donors (Lipinski definition) is 1. The molecule has 0 heterocycles. The van der Waals surface area contributed by atoms with Gasteiger partial charge in [-0.15, -0.1) is 0 Å². The van der Waals surface area contributed by atoms with Crippen molar-refractivity contribution in [1.82, 2.24) is 0 Å². The maximum Gasteiger partial charge on any atom is 0.0184 e. The largest absolute Gasteiger partial charge is 0.326 e. The topological polar surface area (TPSA) is 26.0 Å². The van der Waals surface area contributed by atoms with Gasteiger partial charge in [0, 0.05) is 6.54 Å². The second-order valence-corrected chi connectivity index (χ2v) is 4.78. The van der Waals surface area contributed by atoms with Crippen LogP contribution in [-0.2, 0) is 6.54 Å². The van der Waals surface area contributed by atoms with E-state index in [1.807, 2.05) is 12.1 Å². The van der Waals surface area contributed by atoms with Crippen LogP contribution in [0.2, 0.25) is 0 Å². The van der Waals surface area contributed by atoms with Gasteiger partial charge in [0.15, 0.2) is 0 Å². The molecule has 0 saturated heterocycles. The van der Waals surface area contributed by atoms with E-state index in [0.717, 1.165) is 0 Å². The summed E-state index contributed by atoms with van der Waals surface area (Å²) < 4.78 is 0. The molecule has 98 valence electrons. The normalized spacial score (nSPS) is 10.4. The average molecular weight is 259 g/mol. The third kappa shape index (κ3) is 2.36. The zero-order chi connectivity index (χ0) is 13.8. The Balaban J connectivity index is 2.26. The molecule has 0 aliphatic rings. The maximum absolute atomic E-state index is 5.93. The molecular weight excluding hydrogens is 242 g/mol. The lowest BCUT2D eigenvalue weighted by molar-refractivity contribution is 1.07. The van der Waals surface area contributed by atoms with Gasteiger partial charge in [0.05, 0.1) is 0 Å². The van der Waals surface area contributed by atoms with Gasteiger partial charge in [-0.2, -0.15) is 0 Å². The number of nitrogens with two attached hydrogens (primary N) is 1. The Labute approximate surface area is 119 Å². The van der Waals surface area contributed by atoms with E-state index in [2.05, 4.69) is 66.7 Å². The van der Waals surface area contributed by atoms with Crippen LogP contribution in [-0.4, -0.2) is 0 Å². The highest BCUT2D eigenvalue weighted by Crippen LogP contribution is 2.34. The van der Waals surface area contributed by atoms with Crippen LogP contribution in [0.15, 0.2) is 78.9 Å². The molecule has 0 aromatic heterocycles. The van der Waals surface area contributed by atoms with Gasteiger partial charge < -0.3 is 5.73 Å². The molecule has 0 spiro atoms. The van der Waals surface area contributed by atoms with E-state index in [4.69, 9.17) is 5.73 Å². The molecule has 1 nitrogen and oxygen atoms in total. The average Bonchev–Trinajstić information content (AvgIpc) is 2.55. The molecule has 1 heteroatoms. The molecule has 3 aromatic rings. The number of rotatable bonds is 3. The van der Waals surface area contributed by atoms with Crippen molar-refractivity contribution >= 4 is 0 Å². The summed E-state index contributed by atoms with van der Waals surface area (Å²) in [6.07, 6.45) is 0. The molecule has 0 radical (unpaired) electrons. The van der Waals surface area contributed by atoms with Crippen molar-refractivity contribution in [3.63, 3.8) is 0 Å². The van der Waals surface area contributed by atoms with Crippen LogP contribution in [0.5, 0.6) is 0 Å². The minimum absolute atomic E-state index is 0.547. The summed E-state index contributed by atoms with van der Waals surface area (Å²) in [7, 11) is 0. The van der Waals surface area contributed by atoms with Gasteiger partial charge in [-0.1, -0.05) is 78.9 Å². The smallest absolute Gasteiger partial charge is 0.0184 e. The van der Waals surface area contributed by atoms with E-state index in [1.165, 1.54) is 27.8 Å². The van der Waals surface area contributed by atoms with Crippen LogP contribution in [0.1, 0.15) is 5.56 Å². The van der Waals surface area contributed by atoms with Gasteiger partial charge in [-0.05, 0) is 27.8 Å². The van der Waals surface area contributed by atoms with Crippen LogP contribution in [0.3, 0.4) is 0 Å². The van der Waals surface area contributed by atoms with Crippen molar-refractivity contribution in [3.05, 3.63) is 84.4 Å². The molecule has 0 unspecified atom stereocenters. The molecule has 0 aliphatic heterocycles. The molecule has 0 bridgehead atoms. The highest BCUT2D eigenvalue weighted by atomic mass is 14.5. The van der Waals surface area contributed by atoms with Gasteiger partial charge in [-0.3, -0.25) is 0 Å². The van der Waals surface area contributed by atoms with Crippen molar-refractivity contribution in [2.24, 2.45) is 5.73 Å². The van der Waals surface area contributed by atoms with Crippen LogP contribution in [0.4, 0.5) is 0 Å². The van der Waals surface area contributed by atoms with Crippen LogP contribution < -0.4 is 5.73 Å². The van der Waals surface area contributed by atoms with Crippen LogP contribution >= 0.6 is 0 Å². The van der Waals surface area contributed by atoms with Crippen molar-refractivity contribution < 1.29 is 0 Å². The fraction of sp³-hybridized carbons (Fsp3) is 0.0526. The first-order chi connectivity index (χ1) is 9.90. The Morgan fingerprint density at radius 2 is 1.20 bits per heavy atom. The highest BCUT2D eigenvalue weighted by molar-refractivity contribution is 5.85. The summed E-state index contributed by atoms with van der Waals surface area (Å²) in [6.45, 7) is 0.547. The zero-order valence-electron chi connectivity index (χ0n) is 11.3. The Morgan fingerprint density at radius 1 is 0.600 bits per heavy atom. The lowest BCUT2D eigenvalue weighted by Crippen LogP contribution is -2.00. The second-order valence-electron chi connectivity index (χ2n) is 4.78. The molecule has 0 atom stereocenters. The van der Waals surface area contributed by atoms with E-state index >= 15 is 0 Å². The predicted octanol–water partition coefficient (Wildman–Crippen LogP) is 4.48. The third-order valence-electron chi connectivity index (χ3n) is 3.52. The highest BCUT2D eigenvalue weighted by Gasteiger charge is 2.10. The fourth-order valence-corrected chi connectivity index (χ4v) is 2.57. The summed E-state index contributed by atoms with van der Waals surface area (Å²) in [5.74, 6) is 0. The Hall–Kier alpha value is -2.38. The van der Waals surface area contributed by atoms with Crippen molar-refractivity contribution in [1.29, 1.82) is 0 Å². The Kier molecular flexibility index (Phi) is 3.62. The summed E-state index contributed by atoms with van der Waals surface area (Å²) in [5, 5.41) is 0. The summed E-state index contributed by atoms with van der Waals surface area (Å²) >= 11 is 0. The van der Waals surface area contributed by atoms with Gasteiger partial charge in [0.25, 0.3) is 0 Å². The molecular formula is C19H17N. The zero-order valence-corrected chi connectivity index (χ0v) is 11.3. The number of hydrogen-bond acceptors (Lipinski definition) is 1. The Bertz CT molecular complexity index is 687. The monoisotopic (exact) mass is 259 g/mol. The molecule has 0 amide bonds. The SMILES string of the molecule is NCc1cccc(-c2ccccc2)c1-c1ccccc1. The molecule has 3 aromatic carbocycles. The van der Waals surface area contributed by atoms with Gasteiger partial charge in [0.2, 0.25) is 0 Å². The quantitative estimate of drug-likeness (QED) is 0.737. The Morgan fingerprint density at radius 3 is 1.80 bits per heavy atom. The van der Waals surface area contributed by atoms with Gasteiger partial charge in [0.1, 0.15) is 0 Å². The standard InChI is InChI=1S/C19H17N/c20-14-17-12-7-13-18(15-8-3-1-4-9-15)19(17)16-10-5-2-6-11-16/h1-13H,14,20H2. The second kappa shape index (κ2) is 5.72. The van der Waals surface area contributed by atoms with Crippen molar-refractivity contribution in [3.8, 4) is 22.3 Å². The molecule has 2 N–H and O–H groups in total. The van der Waals surface area contributed by atoms with Crippen molar-refractivity contribution in [2.75, 3.05) is 0 Å². The molecule has 20 heavy (non-hydrogen) atoms. The first-order valence-corrected chi connectivity index (χ1v) is 6.83. The third-order valence-corrected chi connectivity index (χ3v) is 3.52. The van der Waals surface area contributed by atoms with E-state index < -0.39 is 0 Å². The first-order valence-electron chi connectivity index (χ1n) is 6.83. The van der Waals surface area contributed by atoms with E-state index in [1.54, 1.807) is 0 Å². The number of benzene rings is 3. The van der Waals surface area contributed by atoms with Gasteiger partial charge in [-0.25, -0.2) is 0 Å². The summed E-state index contributed by atoms with van der Waals surface area (Å²) in [6, 6.07) is 27.3. The molecule has 0 fully saturated rings. The first kappa shape index (κ1) is 12.6. The van der Waals surface area contributed by atoms with Gasteiger partial charge >= 0.3 is 0 Å². The summed E-state index contributed by atoms with van der Waals surface area (Å²) in [4.78, 5) is 0. The minimum atomic E-state index is 0.547. The minimum Gasteiger partial charge on any atom is -0.326 e. The predicted molar refractivity (Wildman–Crippen MR) is 85.2 cm³/mol. The van der Waals surface area contributed by atoms with E-state index in [-0.39, 0.29) is 0 Å². The van der Waals surface area contributed by atoms with Crippen LogP contribution in [0.25, 0.3) is 22.3 Å². The van der Waals surface area contributed by atoms with Crippen molar-refractivity contribution in [2.45, 2.75) is 6.54 Å². The fourth-order valence-electron chi connectivity index (χ4n) is 2.57. The van der Waals surface area contributed by atoms with E-state index in [0.29, 0.717) is 6.54 Å². The molecule has 0 saturated carbocycles. The summed E-state index contributed by atoms with van der Waals surface area (Å²) in [5.41, 5.74) is 12.0.